The molecule has 0 unspecified atom stereocenters. The molecule has 1 rings (SSSR count). The van der Waals surface area contributed by atoms with Crippen molar-refractivity contribution in [1.82, 2.24) is 19.8 Å². The van der Waals surface area contributed by atoms with Crippen molar-refractivity contribution >= 4 is 23.4 Å². The topological polar surface area (TPSA) is 75.6 Å². The van der Waals surface area contributed by atoms with Gasteiger partial charge in [-0.25, -0.2) is 9.97 Å². The second kappa shape index (κ2) is 7.76. The predicted molar refractivity (Wildman–Crippen MR) is 73.5 cm³/mol. The Bertz CT molecular complexity index is 464. The quantitative estimate of drug-likeness (QED) is 0.755. The van der Waals surface area contributed by atoms with Crippen molar-refractivity contribution in [1.29, 1.82) is 0 Å². The molecular formula is C12H17ClN4O3. The van der Waals surface area contributed by atoms with Crippen LogP contribution in [0.15, 0.2) is 12.4 Å². The van der Waals surface area contributed by atoms with Gasteiger partial charge in [-0.2, -0.15) is 0 Å². The average molecular weight is 301 g/mol. The normalized spacial score (nSPS) is 10.2. The molecule has 2 amide bonds. The first-order chi connectivity index (χ1) is 9.45. The Morgan fingerprint density at radius 1 is 1.30 bits per heavy atom. The summed E-state index contributed by atoms with van der Waals surface area (Å²) in [6.07, 6.45) is 2.57. The minimum absolute atomic E-state index is 0.0422. The molecular weight excluding hydrogens is 284 g/mol. The van der Waals surface area contributed by atoms with Crippen LogP contribution in [-0.4, -0.2) is 72.5 Å². The van der Waals surface area contributed by atoms with Crippen molar-refractivity contribution in [2.45, 2.75) is 0 Å². The fourth-order valence-electron chi connectivity index (χ4n) is 1.34. The van der Waals surface area contributed by atoms with Gasteiger partial charge in [0.1, 0.15) is 17.4 Å². The molecule has 0 saturated heterocycles. The Morgan fingerprint density at radius 2 is 2.00 bits per heavy atom. The number of amides is 2. The number of hydrogen-bond acceptors (Lipinski definition) is 5. The molecule has 20 heavy (non-hydrogen) atoms. The fourth-order valence-corrected chi connectivity index (χ4v) is 1.44. The minimum Gasteiger partial charge on any atom is -0.383 e. The molecule has 0 radical (unpaired) electrons. The highest BCUT2D eigenvalue weighted by Gasteiger charge is 2.20. The molecule has 0 aliphatic rings. The molecule has 110 valence electrons. The van der Waals surface area contributed by atoms with Gasteiger partial charge in [-0.05, 0) is 0 Å². The number of rotatable bonds is 6. The lowest BCUT2D eigenvalue weighted by atomic mass is 10.3. The molecule has 8 heteroatoms. The number of aromatic nitrogens is 2. The van der Waals surface area contributed by atoms with Crippen LogP contribution in [-0.2, 0) is 9.53 Å². The Balaban J connectivity index is 2.83. The van der Waals surface area contributed by atoms with Crippen LogP contribution in [0.4, 0.5) is 0 Å². The highest BCUT2D eigenvalue weighted by Crippen LogP contribution is 2.05. The van der Waals surface area contributed by atoms with Gasteiger partial charge in [-0.3, -0.25) is 9.59 Å². The van der Waals surface area contributed by atoms with E-state index in [2.05, 4.69) is 9.97 Å². The summed E-state index contributed by atoms with van der Waals surface area (Å²) >= 11 is 5.63. The molecule has 0 aliphatic carbocycles. The van der Waals surface area contributed by atoms with Gasteiger partial charge in [0.15, 0.2) is 0 Å². The van der Waals surface area contributed by atoms with E-state index in [1.807, 2.05) is 0 Å². The number of carbonyl (C=O) groups is 2. The Morgan fingerprint density at radius 3 is 2.50 bits per heavy atom. The first-order valence-electron chi connectivity index (χ1n) is 5.91. The van der Waals surface area contributed by atoms with Crippen molar-refractivity contribution in [3.63, 3.8) is 0 Å². The highest BCUT2D eigenvalue weighted by atomic mass is 35.5. The number of carbonyl (C=O) groups excluding carboxylic acids is 2. The van der Waals surface area contributed by atoms with E-state index in [1.54, 1.807) is 14.1 Å². The average Bonchev–Trinajstić information content (AvgIpc) is 2.43. The SMILES string of the molecule is COCCN(CC(=O)N(C)C)C(=O)c1cnc(Cl)cn1. The number of nitrogens with zero attached hydrogens (tertiary/aromatic N) is 4. The molecule has 1 aromatic heterocycles. The van der Waals surface area contributed by atoms with Gasteiger partial charge >= 0.3 is 0 Å². The first kappa shape index (κ1) is 16.3. The van der Waals surface area contributed by atoms with E-state index in [4.69, 9.17) is 16.3 Å². The molecule has 1 heterocycles. The van der Waals surface area contributed by atoms with Crippen molar-refractivity contribution in [2.75, 3.05) is 40.9 Å². The molecule has 0 spiro atoms. The standard InChI is InChI=1S/C12H17ClN4O3/c1-16(2)11(18)8-17(4-5-20-3)12(19)9-6-15-10(13)7-14-9/h6-7H,4-5,8H2,1-3H3. The zero-order chi connectivity index (χ0) is 15.1. The Labute approximate surface area is 122 Å². The predicted octanol–water partition coefficient (Wildman–Crippen LogP) is 0.307. The van der Waals surface area contributed by atoms with Gasteiger partial charge in [0, 0.05) is 27.7 Å². The van der Waals surface area contributed by atoms with Crippen LogP contribution < -0.4 is 0 Å². The molecule has 1 aromatic rings. The fraction of sp³-hybridized carbons (Fsp3) is 0.500. The molecule has 0 saturated carbocycles. The summed E-state index contributed by atoms with van der Waals surface area (Å²) in [5, 5.41) is 0.203. The monoisotopic (exact) mass is 300 g/mol. The number of hydrogen-bond donors (Lipinski definition) is 0. The summed E-state index contributed by atoms with van der Waals surface area (Å²) < 4.78 is 4.94. The maximum absolute atomic E-state index is 12.3. The van der Waals surface area contributed by atoms with E-state index >= 15 is 0 Å². The van der Waals surface area contributed by atoms with Gasteiger partial charge < -0.3 is 14.5 Å². The second-order valence-electron chi connectivity index (χ2n) is 4.23. The van der Waals surface area contributed by atoms with Crippen LogP contribution in [0, 0.1) is 0 Å². The van der Waals surface area contributed by atoms with Crippen LogP contribution in [0.3, 0.4) is 0 Å². The summed E-state index contributed by atoms with van der Waals surface area (Å²) in [4.78, 5) is 34.5. The Kier molecular flexibility index (Phi) is 6.33. The minimum atomic E-state index is -0.388. The van der Waals surface area contributed by atoms with E-state index < -0.39 is 0 Å². The smallest absolute Gasteiger partial charge is 0.274 e. The number of halogens is 1. The number of ether oxygens (including phenoxy) is 1. The van der Waals surface area contributed by atoms with Crippen molar-refractivity contribution < 1.29 is 14.3 Å². The van der Waals surface area contributed by atoms with Crippen molar-refractivity contribution in [2.24, 2.45) is 0 Å². The maximum Gasteiger partial charge on any atom is 0.274 e. The lowest BCUT2D eigenvalue weighted by Crippen LogP contribution is -2.42. The molecule has 0 atom stereocenters. The largest absolute Gasteiger partial charge is 0.383 e. The summed E-state index contributed by atoms with van der Waals surface area (Å²) in [5.74, 6) is -0.571. The van der Waals surface area contributed by atoms with Crippen molar-refractivity contribution in [3.05, 3.63) is 23.2 Å². The van der Waals surface area contributed by atoms with E-state index in [0.717, 1.165) is 0 Å². The van der Waals surface area contributed by atoms with Crippen LogP contribution in [0.2, 0.25) is 5.15 Å². The van der Waals surface area contributed by atoms with E-state index in [9.17, 15) is 9.59 Å². The Hall–Kier alpha value is -1.73. The summed E-state index contributed by atoms with van der Waals surface area (Å²) in [5.41, 5.74) is 0.136. The van der Waals surface area contributed by atoms with Crippen LogP contribution >= 0.6 is 11.6 Å². The van der Waals surface area contributed by atoms with Gasteiger partial charge in [0.25, 0.3) is 5.91 Å². The second-order valence-corrected chi connectivity index (χ2v) is 4.62. The lowest BCUT2D eigenvalue weighted by molar-refractivity contribution is -0.129. The van der Waals surface area contributed by atoms with Crippen molar-refractivity contribution in [3.8, 4) is 0 Å². The summed E-state index contributed by atoms with van der Waals surface area (Å²) in [6.45, 7) is 0.576. The van der Waals surface area contributed by atoms with Crippen LogP contribution in [0.25, 0.3) is 0 Å². The molecule has 0 fully saturated rings. The summed E-state index contributed by atoms with van der Waals surface area (Å²) in [7, 11) is 4.78. The molecule has 0 bridgehead atoms. The molecule has 0 aliphatic heterocycles. The third-order valence-electron chi connectivity index (χ3n) is 2.52. The first-order valence-corrected chi connectivity index (χ1v) is 6.29. The van der Waals surface area contributed by atoms with E-state index in [1.165, 1.54) is 29.3 Å². The lowest BCUT2D eigenvalue weighted by Gasteiger charge is -2.23. The zero-order valence-corrected chi connectivity index (χ0v) is 12.4. The van der Waals surface area contributed by atoms with Crippen LogP contribution in [0.5, 0.6) is 0 Å². The van der Waals surface area contributed by atoms with Gasteiger partial charge in [0.2, 0.25) is 5.91 Å². The molecule has 0 N–H and O–H groups in total. The maximum atomic E-state index is 12.3. The third kappa shape index (κ3) is 4.75. The van der Waals surface area contributed by atoms with Crippen LogP contribution in [0.1, 0.15) is 10.5 Å². The summed E-state index contributed by atoms with van der Waals surface area (Å²) in [6, 6.07) is 0. The van der Waals surface area contributed by atoms with Gasteiger partial charge in [-0.1, -0.05) is 11.6 Å². The van der Waals surface area contributed by atoms with Gasteiger partial charge in [0.05, 0.1) is 19.0 Å². The highest BCUT2D eigenvalue weighted by molar-refractivity contribution is 6.29. The number of likely N-dealkylation sites (N-methyl/N-ethyl adjacent to an activating group) is 1. The number of methoxy groups -OCH3 is 1. The van der Waals surface area contributed by atoms with E-state index in [-0.39, 0.29) is 29.2 Å². The van der Waals surface area contributed by atoms with E-state index in [0.29, 0.717) is 13.2 Å². The third-order valence-corrected chi connectivity index (χ3v) is 2.71. The zero-order valence-electron chi connectivity index (χ0n) is 11.7. The molecule has 7 nitrogen and oxygen atoms in total. The van der Waals surface area contributed by atoms with Gasteiger partial charge in [-0.15, -0.1) is 0 Å². The molecule has 0 aromatic carbocycles.